The second-order valence-electron chi connectivity index (χ2n) is 3.44. The van der Waals surface area contributed by atoms with Crippen LogP contribution in [0, 0.1) is 0 Å². The van der Waals surface area contributed by atoms with Gasteiger partial charge in [-0.15, -0.1) is 0 Å². The number of halogens is 4. The Morgan fingerprint density at radius 2 is 2.17 bits per heavy atom. The number of alkyl halides is 4. The van der Waals surface area contributed by atoms with Crippen molar-refractivity contribution in [3.8, 4) is 0 Å². The van der Waals surface area contributed by atoms with Gasteiger partial charge in [-0.1, -0.05) is 0 Å². The van der Waals surface area contributed by atoms with Gasteiger partial charge in [0.2, 0.25) is 0 Å². The minimum absolute atomic E-state index is 0.0209. The first-order valence-corrected chi connectivity index (χ1v) is 4.87. The number of rotatable bonds is 6. The van der Waals surface area contributed by atoms with Crippen molar-refractivity contribution < 1.29 is 22.3 Å². The van der Waals surface area contributed by atoms with E-state index in [1.807, 2.05) is 0 Å². The van der Waals surface area contributed by atoms with Crippen molar-refractivity contribution in [1.29, 1.82) is 0 Å². The third kappa shape index (κ3) is 3.77. The molecular weight excluding hydrogens is 258 g/mol. The van der Waals surface area contributed by atoms with Crippen LogP contribution >= 0.6 is 0 Å². The first kappa shape index (κ1) is 14.6. The molecule has 5 nitrogen and oxygen atoms in total. The van der Waals surface area contributed by atoms with E-state index >= 15 is 0 Å². The van der Waals surface area contributed by atoms with Crippen LogP contribution in [0.15, 0.2) is 11.0 Å². The lowest BCUT2D eigenvalue weighted by molar-refractivity contribution is -0.168. The fraction of sp³-hybridized carbons (Fsp3) is 0.556. The summed E-state index contributed by atoms with van der Waals surface area (Å²) in [5.41, 5.74) is 4.92. The van der Waals surface area contributed by atoms with Gasteiger partial charge in [-0.2, -0.15) is 8.78 Å². The molecule has 0 aromatic carbocycles. The van der Waals surface area contributed by atoms with Gasteiger partial charge in [0.05, 0.1) is 0 Å². The Kier molecular flexibility index (Phi) is 4.79. The summed E-state index contributed by atoms with van der Waals surface area (Å²) in [6.45, 7) is -1.97. The summed E-state index contributed by atoms with van der Waals surface area (Å²) in [7, 11) is 0. The highest BCUT2D eigenvalue weighted by molar-refractivity contribution is 5.04. The van der Waals surface area contributed by atoms with Crippen LogP contribution < -0.4 is 11.3 Å². The second kappa shape index (κ2) is 5.91. The lowest BCUT2D eigenvalue weighted by atomic mass is 10.3. The standard InChI is InChI=1S/C9H11F4N3O2/c10-8(11)9(12,13)4-18-3-6-15-2-5(1-14)7(17)16-6/h2,8H,1,3-4,14H2,(H,15,16,17). The van der Waals surface area contributed by atoms with Crippen molar-refractivity contribution in [2.75, 3.05) is 6.61 Å². The van der Waals surface area contributed by atoms with Crippen LogP contribution in [-0.4, -0.2) is 28.9 Å². The molecule has 0 saturated carbocycles. The molecule has 0 aliphatic rings. The van der Waals surface area contributed by atoms with Crippen molar-refractivity contribution in [3.63, 3.8) is 0 Å². The summed E-state index contributed by atoms with van der Waals surface area (Å²) < 4.78 is 52.9. The van der Waals surface area contributed by atoms with Crippen molar-refractivity contribution in [1.82, 2.24) is 9.97 Å². The van der Waals surface area contributed by atoms with Gasteiger partial charge >= 0.3 is 12.3 Å². The third-order valence-electron chi connectivity index (χ3n) is 2.00. The molecule has 0 amide bonds. The molecule has 1 rings (SSSR count). The molecule has 3 N–H and O–H groups in total. The molecule has 0 aliphatic carbocycles. The van der Waals surface area contributed by atoms with Crippen LogP contribution in [0.4, 0.5) is 17.6 Å². The summed E-state index contributed by atoms with van der Waals surface area (Å²) in [4.78, 5) is 17.2. The number of aromatic amines is 1. The predicted octanol–water partition coefficient (Wildman–Crippen LogP) is 0.646. The SMILES string of the molecule is NCc1cnc(COCC(F)(F)C(F)F)[nH]c1=O. The van der Waals surface area contributed by atoms with Gasteiger partial charge in [-0.25, -0.2) is 13.8 Å². The zero-order chi connectivity index (χ0) is 13.8. The average Bonchev–Trinajstić information content (AvgIpc) is 2.29. The smallest absolute Gasteiger partial charge is 0.330 e. The van der Waals surface area contributed by atoms with Crippen molar-refractivity contribution in [3.05, 3.63) is 27.9 Å². The molecule has 0 saturated heterocycles. The van der Waals surface area contributed by atoms with Gasteiger partial charge in [0.25, 0.3) is 5.56 Å². The zero-order valence-corrected chi connectivity index (χ0v) is 9.13. The predicted molar refractivity (Wildman–Crippen MR) is 53.4 cm³/mol. The zero-order valence-electron chi connectivity index (χ0n) is 9.13. The fourth-order valence-electron chi connectivity index (χ4n) is 1.02. The van der Waals surface area contributed by atoms with Crippen LogP contribution in [0.25, 0.3) is 0 Å². The number of ether oxygens (including phenoxy) is 1. The Bertz CT molecular complexity index is 450. The van der Waals surface area contributed by atoms with E-state index in [4.69, 9.17) is 5.73 Å². The molecule has 0 bridgehead atoms. The Hall–Kier alpha value is -1.48. The van der Waals surface area contributed by atoms with Crippen LogP contribution in [0.2, 0.25) is 0 Å². The number of nitrogens with two attached hydrogens (primary N) is 1. The van der Waals surface area contributed by atoms with E-state index < -0.39 is 31.1 Å². The van der Waals surface area contributed by atoms with Crippen LogP contribution in [0.1, 0.15) is 11.4 Å². The highest BCUT2D eigenvalue weighted by Crippen LogP contribution is 2.22. The summed E-state index contributed by atoms with van der Waals surface area (Å²) >= 11 is 0. The van der Waals surface area contributed by atoms with E-state index in [0.717, 1.165) is 0 Å². The highest BCUT2D eigenvalue weighted by atomic mass is 19.3. The van der Waals surface area contributed by atoms with Gasteiger partial charge in [-0.3, -0.25) is 4.79 Å². The molecule has 0 spiro atoms. The number of aromatic nitrogens is 2. The number of nitrogens with one attached hydrogen (secondary N) is 1. The molecule has 0 radical (unpaired) electrons. The Morgan fingerprint density at radius 1 is 1.50 bits per heavy atom. The summed E-state index contributed by atoms with van der Waals surface area (Å²) in [6.07, 6.45) is -2.63. The van der Waals surface area contributed by atoms with Gasteiger partial charge in [0.1, 0.15) is 19.0 Å². The van der Waals surface area contributed by atoms with Crippen molar-refractivity contribution in [2.45, 2.75) is 25.5 Å². The minimum atomic E-state index is -4.22. The fourth-order valence-corrected chi connectivity index (χ4v) is 1.02. The number of hydrogen-bond acceptors (Lipinski definition) is 4. The summed E-state index contributed by atoms with van der Waals surface area (Å²) in [5.74, 6) is -4.26. The first-order chi connectivity index (χ1) is 8.36. The number of H-pyrrole nitrogens is 1. The van der Waals surface area contributed by atoms with E-state index in [1.54, 1.807) is 0 Å². The molecule has 9 heteroatoms. The number of hydrogen-bond donors (Lipinski definition) is 2. The molecule has 102 valence electrons. The molecule has 1 aromatic rings. The summed E-state index contributed by atoms with van der Waals surface area (Å²) in [5, 5.41) is 0. The van der Waals surface area contributed by atoms with E-state index in [2.05, 4.69) is 14.7 Å². The minimum Gasteiger partial charge on any atom is -0.367 e. The van der Waals surface area contributed by atoms with Gasteiger partial charge in [-0.05, 0) is 0 Å². The van der Waals surface area contributed by atoms with E-state index in [1.165, 1.54) is 6.20 Å². The van der Waals surface area contributed by atoms with E-state index in [-0.39, 0.29) is 17.9 Å². The Labute approximate surface area is 99.0 Å². The Morgan fingerprint density at radius 3 is 2.67 bits per heavy atom. The largest absolute Gasteiger partial charge is 0.367 e. The third-order valence-corrected chi connectivity index (χ3v) is 2.00. The molecule has 0 unspecified atom stereocenters. The lowest BCUT2D eigenvalue weighted by Gasteiger charge is -2.14. The Balaban J connectivity index is 2.55. The molecule has 18 heavy (non-hydrogen) atoms. The molecule has 0 atom stereocenters. The summed E-state index contributed by atoms with van der Waals surface area (Å²) in [6, 6.07) is 0. The second-order valence-corrected chi connectivity index (χ2v) is 3.44. The lowest BCUT2D eigenvalue weighted by Crippen LogP contribution is -2.32. The topological polar surface area (TPSA) is 81.0 Å². The quantitative estimate of drug-likeness (QED) is 0.743. The van der Waals surface area contributed by atoms with Gasteiger partial charge in [0.15, 0.2) is 0 Å². The first-order valence-electron chi connectivity index (χ1n) is 4.87. The molecular formula is C9H11F4N3O2. The molecule has 1 aromatic heterocycles. The maximum absolute atomic E-state index is 12.5. The van der Waals surface area contributed by atoms with E-state index in [0.29, 0.717) is 0 Å². The molecule has 1 heterocycles. The molecule has 0 aliphatic heterocycles. The van der Waals surface area contributed by atoms with E-state index in [9.17, 15) is 22.4 Å². The number of nitrogens with zero attached hydrogens (tertiary/aromatic N) is 1. The average molecular weight is 269 g/mol. The van der Waals surface area contributed by atoms with Crippen molar-refractivity contribution in [2.24, 2.45) is 5.73 Å². The normalized spacial score (nSPS) is 12.1. The van der Waals surface area contributed by atoms with Gasteiger partial charge in [0, 0.05) is 18.3 Å². The van der Waals surface area contributed by atoms with Crippen LogP contribution in [0.5, 0.6) is 0 Å². The van der Waals surface area contributed by atoms with Gasteiger partial charge < -0.3 is 15.5 Å². The van der Waals surface area contributed by atoms with Crippen LogP contribution in [-0.2, 0) is 17.9 Å². The van der Waals surface area contributed by atoms with Crippen LogP contribution in [0.3, 0.4) is 0 Å². The highest BCUT2D eigenvalue weighted by Gasteiger charge is 2.40. The maximum atomic E-state index is 12.5. The molecule has 0 fully saturated rings. The maximum Gasteiger partial charge on any atom is 0.330 e. The monoisotopic (exact) mass is 269 g/mol. The van der Waals surface area contributed by atoms with Crippen molar-refractivity contribution >= 4 is 0 Å².